The molecule has 2 aromatic rings. The first kappa shape index (κ1) is 15.9. The lowest BCUT2D eigenvalue weighted by atomic mass is 10.2. The SMILES string of the molecule is CCCCCC(=O)NC(=S)Nc1nc2ccc(C)cc2s1. The van der Waals surface area contributed by atoms with Gasteiger partial charge >= 0.3 is 0 Å². The molecule has 1 heterocycles. The van der Waals surface area contributed by atoms with E-state index < -0.39 is 0 Å². The van der Waals surface area contributed by atoms with E-state index in [4.69, 9.17) is 12.2 Å². The molecule has 0 saturated heterocycles. The highest BCUT2D eigenvalue weighted by molar-refractivity contribution is 7.80. The largest absolute Gasteiger partial charge is 0.308 e. The van der Waals surface area contributed by atoms with E-state index >= 15 is 0 Å². The standard InChI is InChI=1S/C15H19N3OS2/c1-3-4-5-6-13(19)17-14(20)18-15-16-11-8-7-10(2)9-12(11)21-15/h7-9H,3-6H2,1-2H3,(H2,16,17,18,19,20). The van der Waals surface area contributed by atoms with Gasteiger partial charge in [-0.2, -0.15) is 0 Å². The van der Waals surface area contributed by atoms with Crippen LogP contribution in [0.4, 0.5) is 5.13 Å². The molecule has 0 spiro atoms. The molecule has 0 bridgehead atoms. The maximum atomic E-state index is 11.7. The Bertz CT molecular complexity index is 651. The van der Waals surface area contributed by atoms with E-state index in [1.807, 2.05) is 19.1 Å². The lowest BCUT2D eigenvalue weighted by Crippen LogP contribution is -2.33. The summed E-state index contributed by atoms with van der Waals surface area (Å²) in [6.07, 6.45) is 3.56. The number of hydrogen-bond donors (Lipinski definition) is 2. The summed E-state index contributed by atoms with van der Waals surface area (Å²) < 4.78 is 1.11. The molecule has 2 rings (SSSR count). The Kier molecular flexibility index (Phi) is 5.64. The number of hydrogen-bond acceptors (Lipinski definition) is 4. The summed E-state index contributed by atoms with van der Waals surface area (Å²) in [7, 11) is 0. The first-order valence-electron chi connectivity index (χ1n) is 7.06. The fourth-order valence-electron chi connectivity index (χ4n) is 1.94. The van der Waals surface area contributed by atoms with Gasteiger partial charge in [0.25, 0.3) is 0 Å². The minimum atomic E-state index is -0.0436. The van der Waals surface area contributed by atoms with Crippen LogP contribution in [0.5, 0.6) is 0 Å². The number of amides is 1. The Morgan fingerprint density at radius 1 is 1.38 bits per heavy atom. The summed E-state index contributed by atoms with van der Waals surface area (Å²) >= 11 is 6.67. The summed E-state index contributed by atoms with van der Waals surface area (Å²) in [6, 6.07) is 6.10. The van der Waals surface area contributed by atoms with Crippen LogP contribution in [0.3, 0.4) is 0 Å². The van der Waals surface area contributed by atoms with Crippen LogP contribution >= 0.6 is 23.6 Å². The third kappa shape index (κ3) is 4.75. The average molecular weight is 321 g/mol. The van der Waals surface area contributed by atoms with E-state index in [1.54, 1.807) is 0 Å². The summed E-state index contributed by atoms with van der Waals surface area (Å²) in [4.78, 5) is 16.1. The molecular formula is C15H19N3OS2. The first-order valence-corrected chi connectivity index (χ1v) is 8.29. The molecule has 0 aliphatic heterocycles. The lowest BCUT2D eigenvalue weighted by Gasteiger charge is -2.06. The van der Waals surface area contributed by atoms with Crippen molar-refractivity contribution in [2.75, 3.05) is 5.32 Å². The van der Waals surface area contributed by atoms with Crippen molar-refractivity contribution in [2.45, 2.75) is 39.5 Å². The van der Waals surface area contributed by atoms with Crippen LogP contribution in [0, 0.1) is 6.92 Å². The molecule has 2 N–H and O–H groups in total. The van der Waals surface area contributed by atoms with E-state index in [2.05, 4.69) is 28.6 Å². The Balaban J connectivity index is 1.90. The van der Waals surface area contributed by atoms with Gasteiger partial charge in [0.15, 0.2) is 10.2 Å². The maximum Gasteiger partial charge on any atom is 0.226 e. The maximum absolute atomic E-state index is 11.7. The third-order valence-corrected chi connectivity index (χ3v) is 4.16. The van der Waals surface area contributed by atoms with Crippen molar-refractivity contribution in [3.63, 3.8) is 0 Å². The molecule has 0 unspecified atom stereocenters. The van der Waals surface area contributed by atoms with Gasteiger partial charge in [0.1, 0.15) is 0 Å². The number of nitrogens with one attached hydrogen (secondary N) is 2. The molecule has 6 heteroatoms. The van der Waals surface area contributed by atoms with Gasteiger partial charge in [0, 0.05) is 6.42 Å². The third-order valence-electron chi connectivity index (χ3n) is 3.02. The van der Waals surface area contributed by atoms with Crippen molar-refractivity contribution in [3.8, 4) is 0 Å². The topological polar surface area (TPSA) is 54.0 Å². The Hall–Kier alpha value is -1.53. The summed E-state index contributed by atoms with van der Waals surface area (Å²) in [6.45, 7) is 4.16. The number of rotatable bonds is 5. The number of unbranched alkanes of at least 4 members (excludes halogenated alkanes) is 2. The molecule has 1 amide bonds. The molecule has 0 radical (unpaired) electrons. The minimum absolute atomic E-state index is 0.0436. The van der Waals surface area contributed by atoms with Gasteiger partial charge in [0.2, 0.25) is 5.91 Å². The fraction of sp³-hybridized carbons (Fsp3) is 0.400. The van der Waals surface area contributed by atoms with E-state index in [0.29, 0.717) is 16.7 Å². The second-order valence-electron chi connectivity index (χ2n) is 4.95. The van der Waals surface area contributed by atoms with Gasteiger partial charge in [0.05, 0.1) is 10.2 Å². The molecule has 1 aromatic heterocycles. The van der Waals surface area contributed by atoms with Crippen LogP contribution in [0.25, 0.3) is 10.2 Å². The van der Waals surface area contributed by atoms with Crippen molar-refractivity contribution in [2.24, 2.45) is 0 Å². The summed E-state index contributed by atoms with van der Waals surface area (Å²) in [5.41, 5.74) is 2.13. The Morgan fingerprint density at radius 2 is 2.19 bits per heavy atom. The van der Waals surface area contributed by atoms with E-state index in [9.17, 15) is 4.79 Å². The number of carbonyl (C=O) groups excluding carboxylic acids is 1. The number of anilines is 1. The van der Waals surface area contributed by atoms with E-state index in [-0.39, 0.29) is 5.91 Å². The highest BCUT2D eigenvalue weighted by atomic mass is 32.1. The Labute approximate surface area is 134 Å². The lowest BCUT2D eigenvalue weighted by molar-refractivity contribution is -0.119. The number of fused-ring (bicyclic) bond motifs is 1. The molecule has 0 fully saturated rings. The number of aryl methyl sites for hydroxylation is 1. The number of thiocarbonyl (C=S) groups is 1. The van der Waals surface area contributed by atoms with Crippen LogP contribution in [0.1, 0.15) is 38.2 Å². The van der Waals surface area contributed by atoms with Crippen molar-refractivity contribution in [3.05, 3.63) is 23.8 Å². The molecular weight excluding hydrogens is 302 g/mol. The number of carbonyl (C=O) groups is 1. The monoisotopic (exact) mass is 321 g/mol. The van der Waals surface area contributed by atoms with Gasteiger partial charge in [-0.25, -0.2) is 4.98 Å². The van der Waals surface area contributed by atoms with Crippen LogP contribution in [0.2, 0.25) is 0 Å². The van der Waals surface area contributed by atoms with Crippen molar-refractivity contribution >= 4 is 49.9 Å². The van der Waals surface area contributed by atoms with Gasteiger partial charge in [-0.1, -0.05) is 37.2 Å². The minimum Gasteiger partial charge on any atom is -0.308 e. The van der Waals surface area contributed by atoms with E-state index in [1.165, 1.54) is 16.9 Å². The molecule has 0 aliphatic rings. The molecule has 1 aromatic carbocycles. The highest BCUT2D eigenvalue weighted by Gasteiger charge is 2.08. The normalized spacial score (nSPS) is 10.6. The van der Waals surface area contributed by atoms with Crippen LogP contribution in [-0.4, -0.2) is 16.0 Å². The van der Waals surface area contributed by atoms with Gasteiger partial charge < -0.3 is 10.6 Å². The zero-order chi connectivity index (χ0) is 15.2. The second kappa shape index (κ2) is 7.47. The van der Waals surface area contributed by atoms with Gasteiger partial charge in [-0.15, -0.1) is 0 Å². The first-order chi connectivity index (χ1) is 10.1. The number of nitrogens with zero attached hydrogens (tertiary/aromatic N) is 1. The predicted molar refractivity (Wildman–Crippen MR) is 92.9 cm³/mol. The molecule has 21 heavy (non-hydrogen) atoms. The number of benzene rings is 1. The van der Waals surface area contributed by atoms with Crippen LogP contribution < -0.4 is 10.6 Å². The molecule has 0 atom stereocenters. The molecule has 4 nitrogen and oxygen atoms in total. The number of thiazole rings is 1. The van der Waals surface area contributed by atoms with Crippen molar-refractivity contribution in [1.29, 1.82) is 0 Å². The van der Waals surface area contributed by atoms with Crippen molar-refractivity contribution in [1.82, 2.24) is 10.3 Å². The van der Waals surface area contributed by atoms with E-state index in [0.717, 1.165) is 29.5 Å². The van der Waals surface area contributed by atoms with Crippen LogP contribution in [0.15, 0.2) is 18.2 Å². The molecule has 0 aliphatic carbocycles. The quantitative estimate of drug-likeness (QED) is 0.645. The average Bonchev–Trinajstić information content (AvgIpc) is 2.79. The predicted octanol–water partition coefficient (Wildman–Crippen LogP) is 4.00. The molecule has 112 valence electrons. The summed E-state index contributed by atoms with van der Waals surface area (Å²) in [5.74, 6) is -0.0436. The fourth-order valence-corrected chi connectivity index (χ4v) is 3.18. The summed E-state index contributed by atoms with van der Waals surface area (Å²) in [5, 5.41) is 6.69. The smallest absolute Gasteiger partial charge is 0.226 e. The van der Waals surface area contributed by atoms with Crippen LogP contribution in [-0.2, 0) is 4.79 Å². The molecule has 0 saturated carbocycles. The zero-order valence-corrected chi connectivity index (χ0v) is 13.9. The van der Waals surface area contributed by atoms with Gasteiger partial charge in [-0.3, -0.25) is 4.79 Å². The van der Waals surface area contributed by atoms with Gasteiger partial charge in [-0.05, 0) is 43.3 Å². The second-order valence-corrected chi connectivity index (χ2v) is 6.39. The number of aromatic nitrogens is 1. The highest BCUT2D eigenvalue weighted by Crippen LogP contribution is 2.26. The Morgan fingerprint density at radius 3 is 2.95 bits per heavy atom. The van der Waals surface area contributed by atoms with Crippen molar-refractivity contribution < 1.29 is 4.79 Å². The zero-order valence-electron chi connectivity index (χ0n) is 12.2.